The van der Waals surface area contributed by atoms with Crippen molar-refractivity contribution in [1.82, 2.24) is 5.32 Å². The van der Waals surface area contributed by atoms with Crippen LogP contribution in [0.2, 0.25) is 0 Å². The predicted molar refractivity (Wildman–Crippen MR) is 128 cm³/mol. The Balaban J connectivity index is 1.89. The first-order valence-corrected chi connectivity index (χ1v) is 11.4. The second-order valence-corrected chi connectivity index (χ2v) is 9.31. The third-order valence-electron chi connectivity index (χ3n) is 3.92. The fraction of sp³-hybridized carbons (Fsp3) is 0.200. The van der Waals surface area contributed by atoms with Crippen LogP contribution < -0.4 is 14.8 Å². The molecule has 0 unspecified atom stereocenters. The maximum Gasteiger partial charge on any atom is 0.298 e. The van der Waals surface area contributed by atoms with Crippen LogP contribution in [0.4, 0.5) is 11.4 Å². The number of aliphatic imine (C=N–C) groups is 1. The van der Waals surface area contributed by atoms with Gasteiger partial charge in [0, 0.05) is 0 Å². The lowest BCUT2D eigenvalue weighted by molar-refractivity contribution is -0.384. The summed E-state index contributed by atoms with van der Waals surface area (Å²) in [5.41, 5.74) is 0.674. The van der Waals surface area contributed by atoms with Gasteiger partial charge in [-0.1, -0.05) is 0 Å². The van der Waals surface area contributed by atoms with Crippen LogP contribution in [0.1, 0.15) is 19.4 Å². The number of amides is 1. The first-order chi connectivity index (χ1) is 14.7. The van der Waals surface area contributed by atoms with E-state index in [2.05, 4.69) is 42.2 Å². The highest BCUT2D eigenvalue weighted by molar-refractivity contribution is 9.11. The first kappa shape index (κ1) is 23.3. The minimum Gasteiger partial charge on any atom is -0.496 e. The molecule has 162 valence electrons. The molecule has 1 fully saturated rings. The maximum absolute atomic E-state index is 12.4. The van der Waals surface area contributed by atoms with Gasteiger partial charge in [-0.25, -0.2) is 4.99 Å². The SMILES string of the molecule is COc1ccc(N=C2NC(=O)C(=Cc3cc(Br)c(OC(C)C)c(Br)c3)S2)c([N+](=O)[O-])c1. The van der Waals surface area contributed by atoms with Crippen molar-refractivity contribution in [2.45, 2.75) is 20.0 Å². The van der Waals surface area contributed by atoms with E-state index < -0.39 is 4.92 Å². The Labute approximate surface area is 199 Å². The molecule has 1 aliphatic heterocycles. The zero-order valence-electron chi connectivity index (χ0n) is 16.6. The van der Waals surface area contributed by atoms with Gasteiger partial charge in [0.2, 0.25) is 0 Å². The van der Waals surface area contributed by atoms with E-state index >= 15 is 0 Å². The van der Waals surface area contributed by atoms with Crippen LogP contribution in [0.3, 0.4) is 0 Å². The molecule has 2 aromatic rings. The molecule has 2 aromatic carbocycles. The highest BCUT2D eigenvalue weighted by Gasteiger charge is 2.25. The molecule has 0 aliphatic carbocycles. The van der Waals surface area contributed by atoms with Crippen molar-refractivity contribution >= 4 is 72.1 Å². The third kappa shape index (κ3) is 5.66. The molecule has 0 aromatic heterocycles. The molecule has 0 spiro atoms. The summed E-state index contributed by atoms with van der Waals surface area (Å²) >= 11 is 8.08. The lowest BCUT2D eigenvalue weighted by atomic mass is 10.2. The minimum atomic E-state index is -0.546. The Kier molecular flexibility index (Phi) is 7.39. The van der Waals surface area contributed by atoms with Gasteiger partial charge in [0.05, 0.1) is 38.1 Å². The Hall–Kier alpha value is -2.37. The summed E-state index contributed by atoms with van der Waals surface area (Å²) in [6.45, 7) is 3.87. The van der Waals surface area contributed by atoms with Crippen molar-refractivity contribution in [3.8, 4) is 11.5 Å². The number of nitro benzene ring substituents is 1. The summed E-state index contributed by atoms with van der Waals surface area (Å²) in [6, 6.07) is 8.01. The van der Waals surface area contributed by atoms with Crippen LogP contribution in [0.25, 0.3) is 6.08 Å². The molecule has 0 atom stereocenters. The highest BCUT2D eigenvalue weighted by atomic mass is 79.9. The molecule has 1 saturated heterocycles. The monoisotopic (exact) mass is 569 g/mol. The Morgan fingerprint density at radius 1 is 1.23 bits per heavy atom. The molecule has 31 heavy (non-hydrogen) atoms. The Bertz CT molecular complexity index is 1090. The largest absolute Gasteiger partial charge is 0.496 e. The number of methoxy groups -OCH3 is 1. The van der Waals surface area contributed by atoms with Crippen molar-refractivity contribution in [2.24, 2.45) is 4.99 Å². The van der Waals surface area contributed by atoms with E-state index in [-0.39, 0.29) is 28.6 Å². The van der Waals surface area contributed by atoms with Gasteiger partial charge in [0.25, 0.3) is 11.6 Å². The molecule has 1 aliphatic rings. The van der Waals surface area contributed by atoms with Crippen molar-refractivity contribution in [3.05, 3.63) is 59.9 Å². The van der Waals surface area contributed by atoms with Crippen molar-refractivity contribution in [3.63, 3.8) is 0 Å². The number of nitro groups is 1. The molecule has 0 saturated carbocycles. The van der Waals surface area contributed by atoms with Crippen LogP contribution in [-0.4, -0.2) is 29.2 Å². The molecule has 11 heteroatoms. The number of halogens is 2. The normalized spacial score (nSPS) is 16.1. The van der Waals surface area contributed by atoms with Gasteiger partial charge in [-0.05, 0) is 93.4 Å². The van der Waals surface area contributed by atoms with Gasteiger partial charge in [-0.2, -0.15) is 0 Å². The Morgan fingerprint density at radius 3 is 2.48 bits per heavy atom. The highest BCUT2D eigenvalue weighted by Crippen LogP contribution is 2.38. The standard InChI is InChI=1S/C20H17Br2N3O5S/c1-10(2)30-18-13(21)6-11(7-14(18)22)8-17-19(26)24-20(31-17)23-15-5-4-12(29-3)9-16(15)25(27)28/h4-10H,1-3H3,(H,23,24,26). The molecule has 1 heterocycles. The molecular formula is C20H17Br2N3O5S. The number of ether oxygens (including phenoxy) is 2. The van der Waals surface area contributed by atoms with Crippen molar-refractivity contribution in [1.29, 1.82) is 0 Å². The van der Waals surface area contributed by atoms with Crippen LogP contribution in [0.5, 0.6) is 11.5 Å². The van der Waals surface area contributed by atoms with E-state index in [4.69, 9.17) is 9.47 Å². The summed E-state index contributed by atoms with van der Waals surface area (Å²) in [5, 5.41) is 14.2. The lowest BCUT2D eigenvalue weighted by Crippen LogP contribution is -2.19. The van der Waals surface area contributed by atoms with Gasteiger partial charge in [-0.3, -0.25) is 14.9 Å². The van der Waals surface area contributed by atoms with E-state index in [9.17, 15) is 14.9 Å². The number of hydrogen-bond acceptors (Lipinski definition) is 7. The number of benzene rings is 2. The summed E-state index contributed by atoms with van der Waals surface area (Å²) in [7, 11) is 1.42. The smallest absolute Gasteiger partial charge is 0.298 e. The number of nitrogens with one attached hydrogen (secondary N) is 1. The van der Waals surface area contributed by atoms with E-state index in [1.54, 1.807) is 12.1 Å². The average molecular weight is 571 g/mol. The summed E-state index contributed by atoms with van der Waals surface area (Å²) in [4.78, 5) is 27.9. The van der Waals surface area contributed by atoms with E-state index in [1.165, 1.54) is 19.2 Å². The third-order valence-corrected chi connectivity index (χ3v) is 6.01. The van der Waals surface area contributed by atoms with Gasteiger partial charge < -0.3 is 14.8 Å². The zero-order valence-corrected chi connectivity index (χ0v) is 20.6. The topological polar surface area (TPSA) is 103 Å². The molecule has 0 radical (unpaired) electrons. The molecule has 1 N–H and O–H groups in total. The zero-order chi connectivity index (χ0) is 22.7. The van der Waals surface area contributed by atoms with E-state index in [1.807, 2.05) is 26.0 Å². The number of carbonyl (C=O) groups is 1. The van der Waals surface area contributed by atoms with E-state index in [0.29, 0.717) is 16.4 Å². The summed E-state index contributed by atoms with van der Waals surface area (Å²) in [6.07, 6.45) is 1.72. The molecule has 0 bridgehead atoms. The van der Waals surface area contributed by atoms with Crippen molar-refractivity contribution in [2.75, 3.05) is 7.11 Å². The maximum atomic E-state index is 12.4. The molecule has 1 amide bonds. The number of nitrogens with zero attached hydrogens (tertiary/aromatic N) is 2. The number of amidine groups is 1. The number of thioether (sulfide) groups is 1. The van der Waals surface area contributed by atoms with Gasteiger partial charge >= 0.3 is 0 Å². The quantitative estimate of drug-likeness (QED) is 0.267. The minimum absolute atomic E-state index is 0.00810. The van der Waals surface area contributed by atoms with E-state index in [0.717, 1.165) is 26.3 Å². The second kappa shape index (κ2) is 9.84. The first-order valence-electron chi connectivity index (χ1n) is 8.95. The molecular weight excluding hydrogens is 554 g/mol. The van der Waals surface area contributed by atoms with Gasteiger partial charge in [0.1, 0.15) is 17.2 Å². The number of rotatable bonds is 6. The fourth-order valence-electron chi connectivity index (χ4n) is 2.62. The molecule has 8 nitrogen and oxygen atoms in total. The number of carbonyl (C=O) groups excluding carboxylic acids is 1. The van der Waals surface area contributed by atoms with Crippen LogP contribution in [0.15, 0.2) is 49.2 Å². The van der Waals surface area contributed by atoms with Gasteiger partial charge in [-0.15, -0.1) is 0 Å². The van der Waals surface area contributed by atoms with Crippen LogP contribution >= 0.6 is 43.6 Å². The summed E-state index contributed by atoms with van der Waals surface area (Å²) < 4.78 is 12.3. The van der Waals surface area contributed by atoms with Crippen LogP contribution in [-0.2, 0) is 4.79 Å². The number of hydrogen-bond donors (Lipinski definition) is 1. The second-order valence-electron chi connectivity index (χ2n) is 6.57. The summed E-state index contributed by atoms with van der Waals surface area (Å²) in [5.74, 6) is 0.685. The Morgan fingerprint density at radius 2 is 1.90 bits per heavy atom. The van der Waals surface area contributed by atoms with Crippen LogP contribution in [0, 0.1) is 10.1 Å². The average Bonchev–Trinajstić information content (AvgIpc) is 3.03. The van der Waals surface area contributed by atoms with Gasteiger partial charge in [0.15, 0.2) is 5.17 Å². The molecule has 3 rings (SSSR count). The predicted octanol–water partition coefficient (Wildman–Crippen LogP) is 5.81. The van der Waals surface area contributed by atoms with Crippen molar-refractivity contribution < 1.29 is 19.2 Å². The lowest BCUT2D eigenvalue weighted by Gasteiger charge is -2.14. The fourth-order valence-corrected chi connectivity index (χ4v) is 4.87.